The molecule has 0 aliphatic heterocycles. The highest BCUT2D eigenvalue weighted by Crippen LogP contribution is 2.30. The maximum Gasteiger partial charge on any atom is 0.0447 e. The second-order valence-electron chi connectivity index (χ2n) is 5.84. The van der Waals surface area contributed by atoms with Crippen LogP contribution in [0, 0.1) is 5.41 Å². The molecule has 0 radical (unpaired) electrons. The van der Waals surface area contributed by atoms with Crippen molar-refractivity contribution in [3.05, 3.63) is 30.1 Å². The highest BCUT2D eigenvalue weighted by atomic mass is 14.9. The van der Waals surface area contributed by atoms with Gasteiger partial charge in [0.1, 0.15) is 0 Å². The fraction of sp³-hybridized carbons (Fsp3) is 0.667. The Bertz CT molecular complexity index is 313. The second-order valence-corrected chi connectivity index (χ2v) is 5.84. The lowest BCUT2D eigenvalue weighted by atomic mass is 9.78. The second kappa shape index (κ2) is 6.15. The van der Waals surface area contributed by atoms with Gasteiger partial charge in [-0.3, -0.25) is 4.98 Å². The normalized spacial score (nSPS) is 15.6. The molecule has 0 aromatic carbocycles. The van der Waals surface area contributed by atoms with Crippen molar-refractivity contribution in [3.8, 4) is 0 Å². The number of nitrogens with one attached hydrogen (secondary N) is 1. The summed E-state index contributed by atoms with van der Waals surface area (Å²) in [7, 11) is 0. The zero-order valence-corrected chi connectivity index (χ0v) is 11.8. The van der Waals surface area contributed by atoms with Crippen LogP contribution in [0.3, 0.4) is 0 Å². The molecule has 0 fully saturated rings. The van der Waals surface area contributed by atoms with Crippen molar-refractivity contribution in [2.45, 2.75) is 53.0 Å². The number of hydrogen-bond donors (Lipinski definition) is 1. The van der Waals surface area contributed by atoms with Crippen molar-refractivity contribution < 1.29 is 0 Å². The highest BCUT2D eigenvalue weighted by molar-refractivity contribution is 5.12. The van der Waals surface area contributed by atoms with Crippen molar-refractivity contribution >= 4 is 0 Å². The van der Waals surface area contributed by atoms with E-state index in [0.717, 1.165) is 6.54 Å². The summed E-state index contributed by atoms with van der Waals surface area (Å²) in [5, 5.41) is 3.67. The van der Waals surface area contributed by atoms with E-state index in [4.69, 9.17) is 0 Å². The largest absolute Gasteiger partial charge is 0.313 e. The van der Waals surface area contributed by atoms with Crippen LogP contribution in [0.25, 0.3) is 0 Å². The van der Waals surface area contributed by atoms with E-state index < -0.39 is 0 Å². The van der Waals surface area contributed by atoms with Crippen LogP contribution in [-0.4, -0.2) is 17.6 Å². The van der Waals surface area contributed by atoms with Crippen LogP contribution in [0.5, 0.6) is 0 Å². The van der Waals surface area contributed by atoms with Crippen molar-refractivity contribution in [3.63, 3.8) is 0 Å². The van der Waals surface area contributed by atoms with Gasteiger partial charge in [0.15, 0.2) is 0 Å². The van der Waals surface area contributed by atoms with Gasteiger partial charge in [-0.15, -0.1) is 0 Å². The molecule has 96 valence electrons. The number of hydrogen-bond acceptors (Lipinski definition) is 2. The van der Waals surface area contributed by atoms with Gasteiger partial charge in [-0.2, -0.15) is 0 Å². The Balaban J connectivity index is 2.83. The topological polar surface area (TPSA) is 24.9 Å². The van der Waals surface area contributed by atoms with Gasteiger partial charge in [0.25, 0.3) is 0 Å². The van der Waals surface area contributed by atoms with Crippen LogP contribution in [0.15, 0.2) is 24.4 Å². The Kier molecular flexibility index (Phi) is 5.13. The standard InChI is InChI=1S/C15H26N2/c1-6-10-17-14(15(3,4)5)12(2)13-9-7-8-11-16-13/h7-9,11-12,14,17H,6,10H2,1-5H3. The monoisotopic (exact) mass is 234 g/mol. The van der Waals surface area contributed by atoms with Crippen LogP contribution < -0.4 is 5.32 Å². The predicted octanol–water partition coefficient (Wildman–Crippen LogP) is 3.60. The predicted molar refractivity (Wildman–Crippen MR) is 74.2 cm³/mol. The Hall–Kier alpha value is -0.890. The van der Waals surface area contributed by atoms with Crippen molar-refractivity contribution in [1.29, 1.82) is 0 Å². The maximum atomic E-state index is 4.48. The van der Waals surface area contributed by atoms with Crippen molar-refractivity contribution in [1.82, 2.24) is 10.3 Å². The van der Waals surface area contributed by atoms with E-state index in [1.807, 2.05) is 12.3 Å². The summed E-state index contributed by atoms with van der Waals surface area (Å²) in [6, 6.07) is 6.62. The molecule has 1 aromatic heterocycles. The molecular weight excluding hydrogens is 208 g/mol. The van der Waals surface area contributed by atoms with Crippen LogP contribution in [0.2, 0.25) is 0 Å². The minimum absolute atomic E-state index is 0.242. The minimum atomic E-state index is 0.242. The van der Waals surface area contributed by atoms with Gasteiger partial charge < -0.3 is 5.32 Å². The van der Waals surface area contributed by atoms with Crippen LogP contribution in [0.4, 0.5) is 0 Å². The third-order valence-electron chi connectivity index (χ3n) is 3.20. The average molecular weight is 234 g/mol. The van der Waals surface area contributed by atoms with Gasteiger partial charge in [0.05, 0.1) is 0 Å². The molecule has 2 nitrogen and oxygen atoms in total. The van der Waals surface area contributed by atoms with Gasteiger partial charge in [0.2, 0.25) is 0 Å². The van der Waals surface area contributed by atoms with Crippen LogP contribution >= 0.6 is 0 Å². The Morgan fingerprint density at radius 2 is 2.00 bits per heavy atom. The van der Waals surface area contributed by atoms with Gasteiger partial charge in [-0.05, 0) is 30.5 Å². The lowest BCUT2D eigenvalue weighted by Crippen LogP contribution is -2.44. The lowest BCUT2D eigenvalue weighted by molar-refractivity contribution is 0.237. The molecule has 2 unspecified atom stereocenters. The smallest absolute Gasteiger partial charge is 0.0447 e. The molecule has 1 rings (SSSR count). The van der Waals surface area contributed by atoms with Gasteiger partial charge in [-0.1, -0.05) is 40.7 Å². The van der Waals surface area contributed by atoms with E-state index >= 15 is 0 Å². The molecule has 0 saturated heterocycles. The summed E-state index contributed by atoms with van der Waals surface area (Å²) in [6.07, 6.45) is 3.05. The van der Waals surface area contributed by atoms with Crippen LogP contribution in [-0.2, 0) is 0 Å². The van der Waals surface area contributed by atoms with E-state index in [1.54, 1.807) is 0 Å². The van der Waals surface area contributed by atoms with E-state index in [0.29, 0.717) is 12.0 Å². The fourth-order valence-electron chi connectivity index (χ4n) is 2.35. The van der Waals surface area contributed by atoms with Gasteiger partial charge in [-0.25, -0.2) is 0 Å². The summed E-state index contributed by atoms with van der Waals surface area (Å²) < 4.78 is 0. The molecule has 0 bridgehead atoms. The Labute approximate surface area is 106 Å². The first-order chi connectivity index (χ1) is 7.96. The minimum Gasteiger partial charge on any atom is -0.313 e. The van der Waals surface area contributed by atoms with E-state index in [1.165, 1.54) is 12.1 Å². The van der Waals surface area contributed by atoms with Crippen molar-refractivity contribution in [2.75, 3.05) is 6.54 Å². The number of rotatable bonds is 5. The zero-order chi connectivity index (χ0) is 12.9. The third kappa shape index (κ3) is 4.12. The molecule has 17 heavy (non-hydrogen) atoms. The molecule has 0 aliphatic carbocycles. The van der Waals surface area contributed by atoms with Crippen molar-refractivity contribution in [2.24, 2.45) is 5.41 Å². The van der Waals surface area contributed by atoms with Crippen LogP contribution in [0.1, 0.15) is 52.7 Å². The molecule has 1 N–H and O–H groups in total. The maximum absolute atomic E-state index is 4.48. The molecule has 2 atom stereocenters. The van der Waals surface area contributed by atoms with Gasteiger partial charge >= 0.3 is 0 Å². The summed E-state index contributed by atoms with van der Waals surface area (Å²) in [4.78, 5) is 4.48. The molecule has 0 spiro atoms. The summed E-state index contributed by atoms with van der Waals surface area (Å²) in [5.41, 5.74) is 1.42. The molecule has 0 saturated carbocycles. The summed E-state index contributed by atoms with van der Waals surface area (Å²) in [6.45, 7) is 12.4. The quantitative estimate of drug-likeness (QED) is 0.842. The lowest BCUT2D eigenvalue weighted by Gasteiger charge is -2.36. The summed E-state index contributed by atoms with van der Waals surface area (Å²) >= 11 is 0. The molecule has 1 aromatic rings. The zero-order valence-electron chi connectivity index (χ0n) is 11.8. The first kappa shape index (κ1) is 14.2. The third-order valence-corrected chi connectivity index (χ3v) is 3.20. The SMILES string of the molecule is CCCNC(C(C)c1ccccn1)C(C)(C)C. The molecule has 0 aliphatic rings. The average Bonchev–Trinajstić information content (AvgIpc) is 2.29. The van der Waals surface area contributed by atoms with E-state index in [9.17, 15) is 0 Å². The first-order valence-corrected chi connectivity index (χ1v) is 6.61. The molecule has 0 amide bonds. The summed E-state index contributed by atoms with van der Waals surface area (Å²) in [5.74, 6) is 0.433. The number of aromatic nitrogens is 1. The fourth-order valence-corrected chi connectivity index (χ4v) is 2.35. The first-order valence-electron chi connectivity index (χ1n) is 6.61. The Morgan fingerprint density at radius 3 is 2.47 bits per heavy atom. The number of nitrogens with zero attached hydrogens (tertiary/aromatic N) is 1. The highest BCUT2D eigenvalue weighted by Gasteiger charge is 2.30. The molecule has 1 heterocycles. The van der Waals surface area contributed by atoms with Gasteiger partial charge in [0, 0.05) is 23.9 Å². The van der Waals surface area contributed by atoms with E-state index in [-0.39, 0.29) is 5.41 Å². The molecular formula is C15H26N2. The Morgan fingerprint density at radius 1 is 1.29 bits per heavy atom. The molecule has 2 heteroatoms. The van der Waals surface area contributed by atoms with E-state index in [2.05, 4.69) is 57.1 Å². The number of pyridine rings is 1.